The molecule has 3 rings (SSSR count). The Morgan fingerprint density at radius 3 is 2.55 bits per heavy atom. The number of nitrogens with zero attached hydrogens (tertiary/aromatic N) is 2. The number of halogens is 2. The number of phenols is 1. The first-order valence-corrected chi connectivity index (χ1v) is 6.83. The molecule has 2 N–H and O–H groups in total. The number of rotatable bonds is 3. The molecule has 1 aromatic heterocycles. The van der Waals surface area contributed by atoms with Crippen LogP contribution < -0.4 is 5.32 Å². The molecule has 22 heavy (non-hydrogen) atoms. The van der Waals surface area contributed by atoms with Gasteiger partial charge < -0.3 is 10.4 Å². The molecule has 0 aliphatic carbocycles. The Hall–Kier alpha value is -2.66. The van der Waals surface area contributed by atoms with Gasteiger partial charge in [-0.15, -0.1) is 0 Å². The highest BCUT2D eigenvalue weighted by atomic mass is 35.5. The van der Waals surface area contributed by atoms with Gasteiger partial charge >= 0.3 is 0 Å². The summed E-state index contributed by atoms with van der Waals surface area (Å²) < 4.78 is 13.1. The van der Waals surface area contributed by atoms with Crippen molar-refractivity contribution >= 4 is 23.1 Å². The third kappa shape index (κ3) is 3.15. The molecular formula is C16H11ClFN3O. The molecule has 0 unspecified atom stereocenters. The van der Waals surface area contributed by atoms with Gasteiger partial charge in [0, 0.05) is 11.3 Å². The fourth-order valence-electron chi connectivity index (χ4n) is 1.92. The van der Waals surface area contributed by atoms with E-state index in [1.165, 1.54) is 12.1 Å². The van der Waals surface area contributed by atoms with Crippen molar-refractivity contribution in [1.29, 1.82) is 0 Å². The molecule has 0 amide bonds. The van der Waals surface area contributed by atoms with Crippen LogP contribution in [0.5, 0.6) is 5.75 Å². The van der Waals surface area contributed by atoms with Gasteiger partial charge in [-0.2, -0.15) is 0 Å². The first-order valence-electron chi connectivity index (χ1n) is 6.45. The van der Waals surface area contributed by atoms with Crippen molar-refractivity contribution < 1.29 is 9.50 Å². The molecule has 0 radical (unpaired) electrons. The lowest BCUT2D eigenvalue weighted by Gasteiger charge is -2.08. The third-order valence-corrected chi connectivity index (χ3v) is 3.28. The number of aromatic hydroxyl groups is 1. The fourth-order valence-corrected chi connectivity index (χ4v) is 2.10. The molecule has 4 nitrogen and oxygen atoms in total. The van der Waals surface area contributed by atoms with Gasteiger partial charge in [0.1, 0.15) is 17.4 Å². The summed E-state index contributed by atoms with van der Waals surface area (Å²) >= 11 is 5.75. The lowest BCUT2D eigenvalue weighted by atomic mass is 10.1. The Morgan fingerprint density at radius 1 is 1.05 bits per heavy atom. The van der Waals surface area contributed by atoms with Crippen molar-refractivity contribution in [3.8, 4) is 17.0 Å². The van der Waals surface area contributed by atoms with E-state index in [9.17, 15) is 9.50 Å². The van der Waals surface area contributed by atoms with Crippen LogP contribution in [0, 0.1) is 5.82 Å². The topological polar surface area (TPSA) is 58.0 Å². The number of phenolic OH excluding ortho intramolecular Hbond substituents is 1. The molecule has 0 atom stereocenters. The number of aromatic nitrogens is 2. The van der Waals surface area contributed by atoms with Crippen LogP contribution in [0.2, 0.25) is 5.02 Å². The monoisotopic (exact) mass is 315 g/mol. The van der Waals surface area contributed by atoms with Crippen molar-refractivity contribution in [2.24, 2.45) is 0 Å². The smallest absolute Gasteiger partial charge is 0.149 e. The van der Waals surface area contributed by atoms with Gasteiger partial charge in [-0.1, -0.05) is 11.6 Å². The van der Waals surface area contributed by atoms with Crippen LogP contribution in [0.1, 0.15) is 0 Å². The molecule has 0 saturated carbocycles. The van der Waals surface area contributed by atoms with E-state index in [2.05, 4.69) is 15.3 Å². The quantitative estimate of drug-likeness (QED) is 0.753. The molecule has 0 spiro atoms. The maximum Gasteiger partial charge on any atom is 0.149 e. The van der Waals surface area contributed by atoms with Crippen LogP contribution in [0.15, 0.2) is 54.9 Å². The maximum absolute atomic E-state index is 13.1. The van der Waals surface area contributed by atoms with Crippen LogP contribution in [-0.2, 0) is 0 Å². The molecule has 3 aromatic rings. The summed E-state index contributed by atoms with van der Waals surface area (Å²) in [5, 5.41) is 12.4. The number of nitrogens with one attached hydrogen (secondary N) is 1. The molecule has 0 saturated heterocycles. The van der Waals surface area contributed by atoms with Crippen molar-refractivity contribution in [3.63, 3.8) is 0 Å². The first-order chi connectivity index (χ1) is 10.6. The summed E-state index contributed by atoms with van der Waals surface area (Å²) in [6, 6.07) is 11.0. The van der Waals surface area contributed by atoms with Gasteiger partial charge in [0.05, 0.1) is 23.1 Å². The second-order valence-corrected chi connectivity index (χ2v) is 5.00. The van der Waals surface area contributed by atoms with Crippen LogP contribution in [0.4, 0.5) is 15.9 Å². The molecule has 0 fully saturated rings. The highest BCUT2D eigenvalue weighted by Crippen LogP contribution is 2.24. The van der Waals surface area contributed by atoms with E-state index in [0.717, 1.165) is 5.56 Å². The summed E-state index contributed by atoms with van der Waals surface area (Å²) in [5.41, 5.74) is 2.09. The van der Waals surface area contributed by atoms with E-state index < -0.39 is 5.82 Å². The fraction of sp³-hybridized carbons (Fsp3) is 0. The van der Waals surface area contributed by atoms with E-state index in [1.807, 2.05) is 0 Å². The van der Waals surface area contributed by atoms with Gasteiger partial charge in [-0.3, -0.25) is 4.98 Å². The molecular weight excluding hydrogens is 305 g/mol. The van der Waals surface area contributed by atoms with Gasteiger partial charge in [0.25, 0.3) is 0 Å². The third-order valence-electron chi connectivity index (χ3n) is 2.99. The zero-order chi connectivity index (χ0) is 15.5. The Labute approximate surface area is 131 Å². The zero-order valence-electron chi connectivity index (χ0n) is 11.3. The van der Waals surface area contributed by atoms with E-state index >= 15 is 0 Å². The Morgan fingerprint density at radius 2 is 1.82 bits per heavy atom. The van der Waals surface area contributed by atoms with Crippen molar-refractivity contribution in [1.82, 2.24) is 9.97 Å². The maximum atomic E-state index is 13.1. The largest absolute Gasteiger partial charge is 0.508 e. The van der Waals surface area contributed by atoms with Gasteiger partial charge in [0.2, 0.25) is 0 Å². The molecule has 2 aromatic carbocycles. The standard InChI is InChI=1S/C16H11ClFN3O/c17-13-7-11(3-6-14(13)18)20-16-9-19-8-15(21-16)10-1-4-12(22)5-2-10/h1-9,22H,(H,20,21). The molecule has 1 heterocycles. The Kier molecular flexibility index (Phi) is 3.89. The van der Waals surface area contributed by atoms with Gasteiger partial charge in [-0.05, 0) is 42.5 Å². The Balaban J connectivity index is 1.87. The highest BCUT2D eigenvalue weighted by molar-refractivity contribution is 6.31. The second kappa shape index (κ2) is 5.99. The number of hydrogen-bond donors (Lipinski definition) is 2. The summed E-state index contributed by atoms with van der Waals surface area (Å²) in [4.78, 5) is 8.55. The summed E-state index contributed by atoms with van der Waals surface area (Å²) in [6.07, 6.45) is 3.18. The van der Waals surface area contributed by atoms with Crippen molar-refractivity contribution in [2.45, 2.75) is 0 Å². The molecule has 110 valence electrons. The number of anilines is 2. The predicted octanol–water partition coefficient (Wildman–Crippen LogP) is 4.39. The first kappa shape index (κ1) is 14.3. The van der Waals surface area contributed by atoms with Crippen LogP contribution in [0.25, 0.3) is 11.3 Å². The normalized spacial score (nSPS) is 10.5. The summed E-state index contributed by atoms with van der Waals surface area (Å²) in [7, 11) is 0. The van der Waals surface area contributed by atoms with Gasteiger partial charge in [-0.25, -0.2) is 9.37 Å². The van der Waals surface area contributed by atoms with Crippen LogP contribution >= 0.6 is 11.6 Å². The van der Waals surface area contributed by atoms with E-state index in [0.29, 0.717) is 17.2 Å². The molecule has 6 heteroatoms. The van der Waals surface area contributed by atoms with Gasteiger partial charge in [0.15, 0.2) is 0 Å². The average Bonchev–Trinajstić information content (AvgIpc) is 2.52. The molecule has 0 aliphatic heterocycles. The highest BCUT2D eigenvalue weighted by Gasteiger charge is 2.05. The van der Waals surface area contributed by atoms with Crippen LogP contribution in [-0.4, -0.2) is 15.1 Å². The molecule has 0 aliphatic rings. The van der Waals surface area contributed by atoms with E-state index in [1.54, 1.807) is 42.7 Å². The average molecular weight is 316 g/mol. The van der Waals surface area contributed by atoms with Crippen molar-refractivity contribution in [3.05, 3.63) is 65.7 Å². The lowest BCUT2D eigenvalue weighted by molar-refractivity contribution is 0.475. The number of hydrogen-bond acceptors (Lipinski definition) is 4. The zero-order valence-corrected chi connectivity index (χ0v) is 12.0. The molecule has 0 bridgehead atoms. The minimum atomic E-state index is -0.476. The van der Waals surface area contributed by atoms with E-state index in [4.69, 9.17) is 11.6 Å². The number of benzene rings is 2. The van der Waals surface area contributed by atoms with E-state index in [-0.39, 0.29) is 10.8 Å². The van der Waals surface area contributed by atoms with Crippen molar-refractivity contribution in [2.75, 3.05) is 5.32 Å². The van der Waals surface area contributed by atoms with Crippen LogP contribution in [0.3, 0.4) is 0 Å². The lowest BCUT2D eigenvalue weighted by Crippen LogP contribution is -1.96. The minimum Gasteiger partial charge on any atom is -0.508 e. The minimum absolute atomic E-state index is 0.0349. The SMILES string of the molecule is Oc1ccc(-c2cncc(Nc3ccc(F)c(Cl)c3)n2)cc1. The summed E-state index contributed by atoms with van der Waals surface area (Å²) in [6.45, 7) is 0. The predicted molar refractivity (Wildman–Crippen MR) is 83.8 cm³/mol. The summed E-state index contributed by atoms with van der Waals surface area (Å²) in [5.74, 6) is 0.219. The second-order valence-electron chi connectivity index (χ2n) is 4.59. The Bertz CT molecular complexity index is 809.